The molecular formula is C23H30N2O4S. The van der Waals surface area contributed by atoms with Gasteiger partial charge in [0.05, 0.1) is 11.5 Å². The third-order valence-electron chi connectivity index (χ3n) is 5.29. The molecule has 0 radical (unpaired) electrons. The predicted octanol–water partition coefficient (Wildman–Crippen LogP) is 3.42. The number of carbonyl (C=O) groups is 1. The maximum atomic E-state index is 13.0. The van der Waals surface area contributed by atoms with Gasteiger partial charge in [-0.15, -0.1) is 0 Å². The molecule has 1 unspecified atom stereocenters. The normalized spacial score (nSPS) is 16.0. The van der Waals surface area contributed by atoms with E-state index in [1.54, 1.807) is 12.1 Å². The highest BCUT2D eigenvalue weighted by Crippen LogP contribution is 2.19. The zero-order valence-corrected chi connectivity index (χ0v) is 18.2. The molecule has 7 heteroatoms. The van der Waals surface area contributed by atoms with E-state index in [2.05, 4.69) is 10.0 Å². The van der Waals surface area contributed by atoms with Gasteiger partial charge in [0.25, 0.3) is 0 Å². The summed E-state index contributed by atoms with van der Waals surface area (Å²) in [6.07, 6.45) is 5.53. The summed E-state index contributed by atoms with van der Waals surface area (Å²) in [5.41, 5.74) is 0.899. The maximum Gasteiger partial charge on any atom is 0.241 e. The van der Waals surface area contributed by atoms with Crippen molar-refractivity contribution >= 4 is 15.9 Å². The fourth-order valence-corrected chi connectivity index (χ4v) is 4.92. The van der Waals surface area contributed by atoms with E-state index in [9.17, 15) is 13.2 Å². The molecule has 2 aromatic rings. The van der Waals surface area contributed by atoms with Crippen LogP contribution in [-0.2, 0) is 21.2 Å². The minimum absolute atomic E-state index is 0.106. The van der Waals surface area contributed by atoms with E-state index in [0.29, 0.717) is 12.4 Å². The molecule has 30 heavy (non-hydrogen) atoms. The zero-order chi connectivity index (χ0) is 21.4. The number of rotatable bonds is 9. The van der Waals surface area contributed by atoms with Crippen LogP contribution >= 0.6 is 0 Å². The Morgan fingerprint density at radius 3 is 2.33 bits per heavy atom. The molecule has 0 aliphatic heterocycles. The first-order valence-electron chi connectivity index (χ1n) is 10.6. The summed E-state index contributed by atoms with van der Waals surface area (Å²) in [6.45, 7) is 2.37. The van der Waals surface area contributed by atoms with Crippen LogP contribution in [0.3, 0.4) is 0 Å². The van der Waals surface area contributed by atoms with Crippen molar-refractivity contribution in [2.45, 2.75) is 62.4 Å². The average Bonchev–Trinajstić information content (AvgIpc) is 2.75. The van der Waals surface area contributed by atoms with Gasteiger partial charge >= 0.3 is 0 Å². The Morgan fingerprint density at radius 2 is 1.70 bits per heavy atom. The summed E-state index contributed by atoms with van der Waals surface area (Å²) in [5, 5.41) is 3.05. The minimum Gasteiger partial charge on any atom is -0.494 e. The first-order chi connectivity index (χ1) is 14.5. The third kappa shape index (κ3) is 6.31. The lowest BCUT2D eigenvalue weighted by atomic mass is 9.95. The number of sulfonamides is 1. The second-order valence-electron chi connectivity index (χ2n) is 7.61. The van der Waals surface area contributed by atoms with Crippen molar-refractivity contribution in [2.24, 2.45) is 0 Å². The lowest BCUT2D eigenvalue weighted by Crippen LogP contribution is -2.50. The molecule has 0 heterocycles. The minimum atomic E-state index is -3.86. The highest BCUT2D eigenvalue weighted by atomic mass is 32.2. The fraction of sp³-hybridized carbons (Fsp3) is 0.435. The lowest BCUT2D eigenvalue weighted by molar-refractivity contribution is -0.123. The molecule has 1 aliphatic carbocycles. The molecule has 0 saturated heterocycles. The van der Waals surface area contributed by atoms with Crippen molar-refractivity contribution in [3.63, 3.8) is 0 Å². The maximum absolute atomic E-state index is 13.0. The second kappa shape index (κ2) is 10.6. The molecule has 2 aromatic carbocycles. The molecule has 2 N–H and O–H groups in total. The van der Waals surface area contributed by atoms with E-state index in [-0.39, 0.29) is 23.3 Å². The van der Waals surface area contributed by atoms with E-state index >= 15 is 0 Å². The van der Waals surface area contributed by atoms with Crippen molar-refractivity contribution in [3.05, 3.63) is 60.2 Å². The van der Waals surface area contributed by atoms with Crippen molar-refractivity contribution in [2.75, 3.05) is 6.61 Å². The van der Waals surface area contributed by atoms with Gasteiger partial charge in [-0.25, -0.2) is 8.42 Å². The number of ether oxygens (including phenoxy) is 1. The van der Waals surface area contributed by atoms with Crippen molar-refractivity contribution in [1.82, 2.24) is 10.0 Å². The van der Waals surface area contributed by atoms with Crippen molar-refractivity contribution in [1.29, 1.82) is 0 Å². The summed E-state index contributed by atoms with van der Waals surface area (Å²) >= 11 is 0. The zero-order valence-electron chi connectivity index (χ0n) is 17.3. The molecule has 6 nitrogen and oxygen atoms in total. The van der Waals surface area contributed by atoms with Gasteiger partial charge in [-0.2, -0.15) is 4.72 Å². The van der Waals surface area contributed by atoms with E-state index < -0.39 is 16.1 Å². The number of carbonyl (C=O) groups excluding carboxylic acids is 1. The average molecular weight is 431 g/mol. The van der Waals surface area contributed by atoms with Crippen LogP contribution in [0, 0.1) is 0 Å². The van der Waals surface area contributed by atoms with E-state index in [1.807, 2.05) is 37.3 Å². The summed E-state index contributed by atoms with van der Waals surface area (Å²) in [6, 6.07) is 14.9. The summed E-state index contributed by atoms with van der Waals surface area (Å²) in [7, 11) is -3.86. The van der Waals surface area contributed by atoms with Gasteiger partial charge in [0.2, 0.25) is 15.9 Å². The number of hydrogen-bond acceptors (Lipinski definition) is 4. The van der Waals surface area contributed by atoms with Crippen LogP contribution in [0.15, 0.2) is 59.5 Å². The SMILES string of the molecule is CCOc1ccc(S(=O)(=O)NC(Cc2ccccc2)C(=O)NC2CCCCC2)cc1. The van der Waals surface area contributed by atoms with Crippen LogP contribution in [0.1, 0.15) is 44.6 Å². The molecule has 0 spiro atoms. The Labute approximate surface area is 179 Å². The predicted molar refractivity (Wildman–Crippen MR) is 117 cm³/mol. The summed E-state index contributed by atoms with van der Waals surface area (Å²) < 4.78 is 33.9. The number of amides is 1. The lowest BCUT2D eigenvalue weighted by Gasteiger charge is -2.26. The van der Waals surface area contributed by atoms with Crippen molar-refractivity contribution < 1.29 is 17.9 Å². The van der Waals surface area contributed by atoms with Gasteiger partial charge < -0.3 is 10.1 Å². The Morgan fingerprint density at radius 1 is 1.03 bits per heavy atom. The summed E-state index contributed by atoms with van der Waals surface area (Å²) in [5.74, 6) is 0.326. The molecule has 1 atom stereocenters. The molecule has 1 fully saturated rings. The molecule has 1 aliphatic rings. The first kappa shape index (κ1) is 22.3. The fourth-order valence-electron chi connectivity index (χ4n) is 3.72. The molecule has 1 amide bonds. The monoisotopic (exact) mass is 430 g/mol. The van der Waals surface area contributed by atoms with Crippen LogP contribution in [0.2, 0.25) is 0 Å². The topological polar surface area (TPSA) is 84.5 Å². The van der Waals surface area contributed by atoms with E-state index in [0.717, 1.165) is 31.2 Å². The van der Waals surface area contributed by atoms with Gasteiger partial charge in [-0.3, -0.25) is 4.79 Å². The number of nitrogens with one attached hydrogen (secondary N) is 2. The quantitative estimate of drug-likeness (QED) is 0.638. The molecule has 1 saturated carbocycles. The van der Waals surface area contributed by atoms with Crippen LogP contribution in [-0.4, -0.2) is 33.0 Å². The van der Waals surface area contributed by atoms with Crippen LogP contribution in [0.25, 0.3) is 0 Å². The molecule has 3 rings (SSSR count). The highest BCUT2D eigenvalue weighted by molar-refractivity contribution is 7.89. The van der Waals surface area contributed by atoms with Crippen LogP contribution in [0.4, 0.5) is 0 Å². The van der Waals surface area contributed by atoms with E-state index in [4.69, 9.17) is 4.74 Å². The Bertz CT molecular complexity index is 908. The van der Waals surface area contributed by atoms with Gasteiger partial charge in [0, 0.05) is 6.04 Å². The van der Waals surface area contributed by atoms with Crippen LogP contribution in [0.5, 0.6) is 5.75 Å². The van der Waals surface area contributed by atoms with Gasteiger partial charge in [0.15, 0.2) is 0 Å². The number of benzene rings is 2. The smallest absolute Gasteiger partial charge is 0.241 e. The number of hydrogen-bond donors (Lipinski definition) is 2. The Balaban J connectivity index is 1.76. The molecular weight excluding hydrogens is 400 g/mol. The van der Waals surface area contributed by atoms with Gasteiger partial charge in [-0.05, 0) is 56.0 Å². The third-order valence-corrected chi connectivity index (χ3v) is 6.78. The standard InChI is InChI=1S/C23H30N2O4S/c1-2-29-20-13-15-21(16-14-20)30(27,28)25-22(17-18-9-5-3-6-10-18)23(26)24-19-11-7-4-8-12-19/h3,5-6,9-10,13-16,19,22,25H,2,4,7-8,11-12,17H2,1H3,(H,24,26). The highest BCUT2D eigenvalue weighted by Gasteiger charge is 2.28. The first-order valence-corrected chi connectivity index (χ1v) is 12.1. The van der Waals surface area contributed by atoms with Gasteiger partial charge in [0.1, 0.15) is 11.8 Å². The summed E-state index contributed by atoms with van der Waals surface area (Å²) in [4.78, 5) is 13.1. The Hall–Kier alpha value is -2.38. The van der Waals surface area contributed by atoms with E-state index in [1.165, 1.54) is 18.6 Å². The molecule has 0 bridgehead atoms. The second-order valence-corrected chi connectivity index (χ2v) is 9.33. The van der Waals surface area contributed by atoms with Gasteiger partial charge in [-0.1, -0.05) is 49.6 Å². The molecule has 162 valence electrons. The largest absolute Gasteiger partial charge is 0.494 e. The van der Waals surface area contributed by atoms with Crippen LogP contribution < -0.4 is 14.8 Å². The van der Waals surface area contributed by atoms with Crippen molar-refractivity contribution in [3.8, 4) is 5.75 Å². The Kier molecular flexibility index (Phi) is 7.87. The molecule has 0 aromatic heterocycles.